The number of benzene rings is 1. The molecule has 0 bridgehead atoms. The summed E-state index contributed by atoms with van der Waals surface area (Å²) in [5.74, 6) is 0.215. The monoisotopic (exact) mass is 446 g/mol. The summed E-state index contributed by atoms with van der Waals surface area (Å²) in [6, 6.07) is 6.10. The van der Waals surface area contributed by atoms with Crippen molar-refractivity contribution in [3.63, 3.8) is 0 Å². The van der Waals surface area contributed by atoms with Crippen molar-refractivity contribution in [2.45, 2.75) is 46.2 Å². The Bertz CT molecular complexity index is 877. The van der Waals surface area contributed by atoms with Gasteiger partial charge in [0, 0.05) is 0 Å². The lowest BCUT2D eigenvalue weighted by Crippen LogP contribution is -2.33. The van der Waals surface area contributed by atoms with E-state index in [1.54, 1.807) is 25.1 Å². The molecule has 2 aromatic rings. The van der Waals surface area contributed by atoms with Gasteiger partial charge in [-0.25, -0.2) is 4.79 Å². The Hall–Kier alpha value is -3.53. The summed E-state index contributed by atoms with van der Waals surface area (Å²) >= 11 is 0. The van der Waals surface area contributed by atoms with Crippen LogP contribution in [0, 0.1) is 0 Å². The number of allylic oxidation sites excluding steroid dienone is 1. The number of carbonyl (C=O) groups excluding carboxylic acids is 1. The Morgan fingerprint density at radius 1 is 1.34 bits per heavy atom. The summed E-state index contributed by atoms with van der Waals surface area (Å²) in [5, 5.41) is 22.3. The second-order valence-corrected chi connectivity index (χ2v) is 6.51. The highest BCUT2D eigenvalue weighted by atomic mass is 16.6. The number of phenolic OH excluding ortho intramolecular Hbond substituents is 1. The number of aliphatic hydroxyl groups excluding tert-OH is 1. The number of carbonyl (C=O) groups is 1. The second-order valence-electron chi connectivity index (χ2n) is 6.51. The number of hydrogen-bond donors (Lipinski definition) is 5. The van der Waals surface area contributed by atoms with Crippen molar-refractivity contribution in [1.82, 2.24) is 9.97 Å². The molecular weight excluding hydrogens is 412 g/mol. The van der Waals surface area contributed by atoms with E-state index in [-0.39, 0.29) is 54.8 Å². The van der Waals surface area contributed by atoms with Crippen LogP contribution in [-0.4, -0.2) is 45.5 Å². The molecule has 1 heterocycles. The number of rotatable bonds is 10. The zero-order valence-electron chi connectivity index (χ0n) is 18.9. The lowest BCUT2D eigenvalue weighted by Gasteiger charge is -2.24. The Kier molecular flexibility index (Phi) is 11.4. The minimum atomic E-state index is -0.679. The van der Waals surface area contributed by atoms with Gasteiger partial charge in [0.15, 0.2) is 11.6 Å². The number of aromatic nitrogens is 2. The third kappa shape index (κ3) is 7.62. The first-order valence-corrected chi connectivity index (χ1v) is 10.5. The zero-order valence-corrected chi connectivity index (χ0v) is 18.9. The molecule has 10 nitrogen and oxygen atoms in total. The van der Waals surface area contributed by atoms with E-state index in [9.17, 15) is 15.0 Å². The lowest BCUT2D eigenvalue weighted by molar-refractivity contribution is 0.159. The van der Waals surface area contributed by atoms with Gasteiger partial charge in [-0.15, -0.1) is 6.58 Å². The number of nitrogen functional groups attached to an aromatic ring is 2. The van der Waals surface area contributed by atoms with Crippen LogP contribution in [0.1, 0.15) is 39.2 Å². The van der Waals surface area contributed by atoms with Crippen LogP contribution >= 0.6 is 0 Å². The van der Waals surface area contributed by atoms with E-state index < -0.39 is 6.09 Å². The van der Waals surface area contributed by atoms with Gasteiger partial charge in [0.25, 0.3) is 0 Å². The quantitative estimate of drug-likeness (QED) is 0.345. The van der Waals surface area contributed by atoms with E-state index >= 15 is 0 Å². The molecule has 176 valence electrons. The van der Waals surface area contributed by atoms with Crippen LogP contribution in [0.3, 0.4) is 0 Å². The first-order chi connectivity index (χ1) is 15.4. The molecule has 0 saturated carbocycles. The van der Waals surface area contributed by atoms with Gasteiger partial charge < -0.3 is 31.7 Å². The lowest BCUT2D eigenvalue weighted by atomic mass is 10.1. The number of amides is 1. The molecule has 0 radical (unpaired) electrons. The van der Waals surface area contributed by atoms with Crippen LogP contribution in [0.5, 0.6) is 5.75 Å². The molecule has 0 aliphatic heterocycles. The van der Waals surface area contributed by atoms with Gasteiger partial charge in [-0.2, -0.15) is 9.97 Å². The second kappa shape index (κ2) is 13.7. The number of aromatic hydroxyl groups is 1. The molecule has 1 aromatic carbocycles. The minimum absolute atomic E-state index is 0.0143. The smallest absolute Gasteiger partial charge is 0.415 e. The molecule has 7 N–H and O–H groups in total. The van der Waals surface area contributed by atoms with E-state index in [1.165, 1.54) is 17.0 Å². The Labute approximate surface area is 188 Å². The Morgan fingerprint density at radius 2 is 2.06 bits per heavy atom. The predicted octanol–water partition coefficient (Wildman–Crippen LogP) is 3.27. The number of nitrogens with two attached hydrogens (primary N) is 2. The normalized spacial score (nSPS) is 11.0. The molecular formula is C22H34N6O4. The molecule has 0 spiro atoms. The van der Waals surface area contributed by atoms with Crippen molar-refractivity contribution in [3.05, 3.63) is 42.5 Å². The van der Waals surface area contributed by atoms with Crippen LogP contribution in [0.15, 0.2) is 36.9 Å². The van der Waals surface area contributed by atoms with E-state index in [0.717, 1.165) is 0 Å². The summed E-state index contributed by atoms with van der Waals surface area (Å²) < 4.78 is 5.15. The number of nitrogens with one attached hydrogen (secondary N) is 1. The molecule has 2 rings (SSSR count). The molecule has 1 atom stereocenters. The van der Waals surface area contributed by atoms with Gasteiger partial charge in [0.05, 0.1) is 25.8 Å². The predicted molar refractivity (Wildman–Crippen MR) is 127 cm³/mol. The molecule has 0 fully saturated rings. The van der Waals surface area contributed by atoms with Crippen LogP contribution in [0.25, 0.3) is 0 Å². The molecule has 1 aromatic heterocycles. The number of anilines is 4. The standard InChI is InChI=1S/C20H28N6O4.C2H6/c1-3-5-8-14(12-27)23-19-24-17(22)16(21)18(25-19)26(20(29)30-4-2)11-13-7-6-9-15(28)10-13;1-2/h3,6-7,9-10,14,27-28H,1,4-5,8,11-12,21H2,2H3,(H3,22,23,24,25);1-2H3. The van der Waals surface area contributed by atoms with Crippen LogP contribution in [0.2, 0.25) is 0 Å². The van der Waals surface area contributed by atoms with E-state index in [1.807, 2.05) is 13.8 Å². The Balaban J connectivity index is 0.00000249. The van der Waals surface area contributed by atoms with Gasteiger partial charge in [-0.05, 0) is 37.5 Å². The highest BCUT2D eigenvalue weighted by Crippen LogP contribution is 2.29. The zero-order chi connectivity index (χ0) is 24.1. The SMILES string of the molecule is C=CCCC(CO)Nc1nc(N)c(N)c(N(Cc2cccc(O)c2)C(=O)OCC)n1.CC. The van der Waals surface area contributed by atoms with Gasteiger partial charge in [-0.3, -0.25) is 4.90 Å². The molecule has 0 saturated heterocycles. The summed E-state index contributed by atoms with van der Waals surface area (Å²) in [5.41, 5.74) is 12.7. The fourth-order valence-electron chi connectivity index (χ4n) is 2.72. The third-order valence-corrected chi connectivity index (χ3v) is 4.22. The highest BCUT2D eigenvalue weighted by molar-refractivity contribution is 5.92. The van der Waals surface area contributed by atoms with Crippen molar-refractivity contribution in [1.29, 1.82) is 0 Å². The van der Waals surface area contributed by atoms with Crippen molar-refractivity contribution in [3.8, 4) is 5.75 Å². The summed E-state index contributed by atoms with van der Waals surface area (Å²) in [4.78, 5) is 22.3. The molecule has 10 heteroatoms. The number of aliphatic hydroxyl groups is 1. The van der Waals surface area contributed by atoms with Gasteiger partial charge in [-0.1, -0.05) is 32.1 Å². The van der Waals surface area contributed by atoms with E-state index in [4.69, 9.17) is 16.2 Å². The number of ether oxygens (including phenoxy) is 1. The topological polar surface area (TPSA) is 160 Å². The molecule has 0 aliphatic rings. The number of phenols is 1. The maximum atomic E-state index is 12.6. The summed E-state index contributed by atoms with van der Waals surface area (Å²) in [6.07, 6.45) is 2.35. The first kappa shape index (κ1) is 26.5. The maximum absolute atomic E-state index is 12.6. The van der Waals surface area contributed by atoms with E-state index in [0.29, 0.717) is 18.4 Å². The largest absolute Gasteiger partial charge is 0.508 e. The molecule has 32 heavy (non-hydrogen) atoms. The molecule has 0 aliphatic carbocycles. The van der Waals surface area contributed by atoms with Crippen molar-refractivity contribution in [2.24, 2.45) is 0 Å². The Morgan fingerprint density at radius 3 is 2.66 bits per heavy atom. The average molecular weight is 447 g/mol. The minimum Gasteiger partial charge on any atom is -0.508 e. The molecule has 1 amide bonds. The fraction of sp³-hybridized carbons (Fsp3) is 0.409. The maximum Gasteiger partial charge on any atom is 0.415 e. The van der Waals surface area contributed by atoms with Gasteiger partial charge in [0.2, 0.25) is 5.95 Å². The van der Waals surface area contributed by atoms with Gasteiger partial charge in [0.1, 0.15) is 11.4 Å². The molecule has 1 unspecified atom stereocenters. The fourth-order valence-corrected chi connectivity index (χ4v) is 2.72. The van der Waals surface area contributed by atoms with Crippen molar-refractivity contribution < 1.29 is 19.7 Å². The average Bonchev–Trinajstić information content (AvgIpc) is 2.79. The van der Waals surface area contributed by atoms with Crippen LogP contribution in [-0.2, 0) is 11.3 Å². The van der Waals surface area contributed by atoms with Crippen molar-refractivity contribution in [2.75, 3.05) is 34.9 Å². The summed E-state index contributed by atoms with van der Waals surface area (Å²) in [7, 11) is 0. The number of nitrogens with zero attached hydrogens (tertiary/aromatic N) is 3. The van der Waals surface area contributed by atoms with Crippen LogP contribution < -0.4 is 21.7 Å². The first-order valence-electron chi connectivity index (χ1n) is 10.5. The highest BCUT2D eigenvalue weighted by Gasteiger charge is 2.24. The number of hydrogen-bond acceptors (Lipinski definition) is 9. The van der Waals surface area contributed by atoms with Gasteiger partial charge >= 0.3 is 6.09 Å². The van der Waals surface area contributed by atoms with Crippen LogP contribution in [0.4, 0.5) is 28.1 Å². The van der Waals surface area contributed by atoms with E-state index in [2.05, 4.69) is 21.9 Å². The third-order valence-electron chi connectivity index (χ3n) is 4.22. The van der Waals surface area contributed by atoms with Crippen molar-refractivity contribution >= 4 is 29.4 Å². The summed E-state index contributed by atoms with van der Waals surface area (Å²) in [6.45, 7) is 9.38.